The highest BCUT2D eigenvalue weighted by Gasteiger charge is 2.08. The van der Waals surface area contributed by atoms with Gasteiger partial charge in [-0.25, -0.2) is 0 Å². The molecule has 76 valence electrons. The first-order valence-electron chi connectivity index (χ1n) is 4.76. The summed E-state index contributed by atoms with van der Waals surface area (Å²) in [4.78, 5) is 5.02. The van der Waals surface area contributed by atoms with Gasteiger partial charge in [0.15, 0.2) is 0 Å². The largest absolute Gasteiger partial charge is 0.396 e. The van der Waals surface area contributed by atoms with E-state index in [1.54, 1.807) is 0 Å². The number of nitrogens with zero attached hydrogens (tertiary/aromatic N) is 1. The number of rotatable bonds is 4. The van der Waals surface area contributed by atoms with Crippen LogP contribution >= 0.6 is 0 Å². The number of hydrogen-bond acceptors (Lipinski definition) is 3. The minimum absolute atomic E-state index is 0.121. The summed E-state index contributed by atoms with van der Waals surface area (Å²) in [5.41, 5.74) is 7.59. The summed E-state index contributed by atoms with van der Waals surface area (Å²) in [7, 11) is 0. The molecule has 0 heterocycles. The number of oxime groups is 1. The predicted octanol–water partition coefficient (Wildman–Crippen LogP) is 1.77. The van der Waals surface area contributed by atoms with Gasteiger partial charge in [0.1, 0.15) is 12.3 Å². The maximum atomic E-state index is 5.80. The molecule has 0 aliphatic rings. The molecule has 0 saturated carbocycles. The van der Waals surface area contributed by atoms with Gasteiger partial charge in [0, 0.05) is 11.6 Å². The van der Waals surface area contributed by atoms with Crippen molar-refractivity contribution in [3.63, 3.8) is 0 Å². The quantitative estimate of drug-likeness (QED) is 0.584. The molecule has 0 bridgehead atoms. The van der Waals surface area contributed by atoms with Crippen LogP contribution in [0, 0.1) is 0 Å². The molecule has 1 aromatic carbocycles. The van der Waals surface area contributed by atoms with Crippen LogP contribution in [-0.2, 0) is 4.84 Å². The molecule has 1 atom stereocenters. The Morgan fingerprint density at radius 1 is 1.43 bits per heavy atom. The van der Waals surface area contributed by atoms with E-state index >= 15 is 0 Å². The molecular formula is C11H16N2O. The SMILES string of the molecule is CCON=C(c1ccccc1)C(C)N. The topological polar surface area (TPSA) is 47.6 Å². The lowest BCUT2D eigenvalue weighted by Gasteiger charge is -2.09. The molecule has 0 aliphatic carbocycles. The Morgan fingerprint density at radius 3 is 2.57 bits per heavy atom. The summed E-state index contributed by atoms with van der Waals surface area (Å²) in [6.45, 7) is 4.35. The van der Waals surface area contributed by atoms with Crippen LogP contribution in [0.1, 0.15) is 19.4 Å². The van der Waals surface area contributed by atoms with Gasteiger partial charge < -0.3 is 10.6 Å². The van der Waals surface area contributed by atoms with Crippen LogP contribution in [0.25, 0.3) is 0 Å². The van der Waals surface area contributed by atoms with E-state index in [0.717, 1.165) is 11.3 Å². The van der Waals surface area contributed by atoms with E-state index in [1.807, 2.05) is 44.2 Å². The summed E-state index contributed by atoms with van der Waals surface area (Å²) in [5.74, 6) is 0. The molecule has 1 unspecified atom stereocenters. The average Bonchev–Trinajstić information content (AvgIpc) is 2.19. The molecule has 0 radical (unpaired) electrons. The fraction of sp³-hybridized carbons (Fsp3) is 0.364. The molecule has 2 N–H and O–H groups in total. The molecule has 3 nitrogen and oxygen atoms in total. The average molecular weight is 192 g/mol. The van der Waals surface area contributed by atoms with Gasteiger partial charge in [0.05, 0.1) is 0 Å². The smallest absolute Gasteiger partial charge is 0.114 e. The fourth-order valence-electron chi connectivity index (χ4n) is 1.14. The van der Waals surface area contributed by atoms with Gasteiger partial charge in [0.2, 0.25) is 0 Å². The molecule has 0 fully saturated rings. The molecule has 14 heavy (non-hydrogen) atoms. The third-order valence-electron chi connectivity index (χ3n) is 1.79. The molecule has 0 aliphatic heterocycles. The Kier molecular flexibility index (Phi) is 4.13. The molecule has 3 heteroatoms. The molecule has 1 aromatic rings. The molecular weight excluding hydrogens is 176 g/mol. The Bertz CT molecular complexity index is 293. The highest BCUT2D eigenvalue weighted by molar-refractivity contribution is 6.03. The summed E-state index contributed by atoms with van der Waals surface area (Å²) < 4.78 is 0. The van der Waals surface area contributed by atoms with Crippen LogP contribution in [0.4, 0.5) is 0 Å². The highest BCUT2D eigenvalue weighted by atomic mass is 16.6. The van der Waals surface area contributed by atoms with Gasteiger partial charge >= 0.3 is 0 Å². The first-order chi connectivity index (χ1) is 6.75. The molecule has 0 amide bonds. The van der Waals surface area contributed by atoms with Crippen molar-refractivity contribution in [2.75, 3.05) is 6.61 Å². The van der Waals surface area contributed by atoms with E-state index in [0.29, 0.717) is 6.61 Å². The molecule has 0 spiro atoms. The van der Waals surface area contributed by atoms with Crippen molar-refractivity contribution < 1.29 is 4.84 Å². The van der Waals surface area contributed by atoms with Crippen LogP contribution in [-0.4, -0.2) is 18.4 Å². The van der Waals surface area contributed by atoms with Gasteiger partial charge in [-0.1, -0.05) is 35.5 Å². The van der Waals surface area contributed by atoms with Gasteiger partial charge in [-0.3, -0.25) is 0 Å². The minimum atomic E-state index is -0.121. The second kappa shape index (κ2) is 5.40. The van der Waals surface area contributed by atoms with E-state index in [1.165, 1.54) is 0 Å². The zero-order valence-corrected chi connectivity index (χ0v) is 8.60. The van der Waals surface area contributed by atoms with Gasteiger partial charge in [-0.05, 0) is 13.8 Å². The standard InChI is InChI=1S/C11H16N2O/c1-3-14-13-11(9(2)12)10-7-5-4-6-8-10/h4-9H,3,12H2,1-2H3. The molecule has 0 saturated heterocycles. The Morgan fingerprint density at radius 2 is 2.07 bits per heavy atom. The van der Waals surface area contributed by atoms with E-state index in [-0.39, 0.29) is 6.04 Å². The maximum absolute atomic E-state index is 5.80. The van der Waals surface area contributed by atoms with Crippen LogP contribution in [0.15, 0.2) is 35.5 Å². The van der Waals surface area contributed by atoms with Crippen molar-refractivity contribution >= 4 is 5.71 Å². The third-order valence-corrected chi connectivity index (χ3v) is 1.79. The van der Waals surface area contributed by atoms with E-state index in [9.17, 15) is 0 Å². The van der Waals surface area contributed by atoms with Crippen LogP contribution in [0.2, 0.25) is 0 Å². The first-order valence-corrected chi connectivity index (χ1v) is 4.76. The zero-order valence-electron chi connectivity index (χ0n) is 8.60. The Labute approximate surface area is 84.6 Å². The number of nitrogens with two attached hydrogens (primary N) is 1. The zero-order chi connectivity index (χ0) is 10.4. The minimum Gasteiger partial charge on any atom is -0.396 e. The van der Waals surface area contributed by atoms with Gasteiger partial charge in [-0.15, -0.1) is 0 Å². The van der Waals surface area contributed by atoms with E-state index in [4.69, 9.17) is 10.6 Å². The normalized spacial score (nSPS) is 13.8. The lowest BCUT2D eigenvalue weighted by Crippen LogP contribution is -2.27. The molecule has 1 rings (SSSR count). The van der Waals surface area contributed by atoms with Crippen molar-refractivity contribution in [2.24, 2.45) is 10.9 Å². The first kappa shape index (κ1) is 10.7. The monoisotopic (exact) mass is 192 g/mol. The second-order valence-electron chi connectivity index (χ2n) is 3.05. The van der Waals surface area contributed by atoms with Gasteiger partial charge in [0.25, 0.3) is 0 Å². The summed E-state index contributed by atoms with van der Waals surface area (Å²) in [6.07, 6.45) is 0. The molecule has 0 aromatic heterocycles. The third kappa shape index (κ3) is 2.85. The highest BCUT2D eigenvalue weighted by Crippen LogP contribution is 2.04. The maximum Gasteiger partial charge on any atom is 0.114 e. The van der Waals surface area contributed by atoms with E-state index in [2.05, 4.69) is 5.16 Å². The van der Waals surface area contributed by atoms with Crippen LogP contribution < -0.4 is 5.73 Å². The van der Waals surface area contributed by atoms with Crippen molar-refractivity contribution in [3.8, 4) is 0 Å². The number of benzene rings is 1. The van der Waals surface area contributed by atoms with Crippen LogP contribution in [0.5, 0.6) is 0 Å². The Hall–Kier alpha value is -1.35. The van der Waals surface area contributed by atoms with Crippen molar-refractivity contribution in [1.82, 2.24) is 0 Å². The lowest BCUT2D eigenvalue weighted by atomic mass is 10.1. The summed E-state index contributed by atoms with van der Waals surface area (Å²) >= 11 is 0. The second-order valence-corrected chi connectivity index (χ2v) is 3.05. The van der Waals surface area contributed by atoms with Crippen molar-refractivity contribution in [3.05, 3.63) is 35.9 Å². The predicted molar refractivity (Wildman–Crippen MR) is 58.3 cm³/mol. The summed E-state index contributed by atoms with van der Waals surface area (Å²) in [5, 5.41) is 4.00. The van der Waals surface area contributed by atoms with Crippen molar-refractivity contribution in [1.29, 1.82) is 0 Å². The fourth-order valence-corrected chi connectivity index (χ4v) is 1.14. The van der Waals surface area contributed by atoms with E-state index < -0.39 is 0 Å². The number of hydrogen-bond donors (Lipinski definition) is 1. The van der Waals surface area contributed by atoms with Crippen molar-refractivity contribution in [2.45, 2.75) is 19.9 Å². The lowest BCUT2D eigenvalue weighted by molar-refractivity contribution is 0.158. The Balaban J connectivity index is 2.89. The van der Waals surface area contributed by atoms with Crippen LogP contribution in [0.3, 0.4) is 0 Å². The van der Waals surface area contributed by atoms with Gasteiger partial charge in [-0.2, -0.15) is 0 Å². The summed E-state index contributed by atoms with van der Waals surface area (Å²) in [6, 6.07) is 9.70.